The van der Waals surface area contributed by atoms with Crippen molar-refractivity contribution in [3.63, 3.8) is 0 Å². The van der Waals surface area contributed by atoms with Crippen LogP contribution in [0, 0.1) is 0 Å². The normalized spacial score (nSPS) is 13.1. The number of benzene rings is 1. The fraction of sp³-hybridized carbons (Fsp3) is 0.562. The van der Waals surface area contributed by atoms with Crippen molar-refractivity contribution in [1.82, 2.24) is 4.31 Å². The standard InChI is InChI=1S/C16H25NO4S/c1-5-7-8-15(22(19,20)17(3)4)13-9-11-14(12-10-13)16(18)21-6-2/h9-12,15H,5-8H2,1-4H3/t15-/m0/s1. The molecule has 124 valence electrons. The highest BCUT2D eigenvalue weighted by Gasteiger charge is 2.28. The fourth-order valence-corrected chi connectivity index (χ4v) is 3.65. The van der Waals surface area contributed by atoms with E-state index in [0.717, 1.165) is 12.8 Å². The maximum absolute atomic E-state index is 12.5. The summed E-state index contributed by atoms with van der Waals surface area (Å²) in [7, 11) is -0.305. The molecule has 0 saturated carbocycles. The van der Waals surface area contributed by atoms with Crippen molar-refractivity contribution in [1.29, 1.82) is 0 Å². The van der Waals surface area contributed by atoms with Gasteiger partial charge in [0.1, 0.15) is 5.25 Å². The van der Waals surface area contributed by atoms with Crippen LogP contribution < -0.4 is 0 Å². The summed E-state index contributed by atoms with van der Waals surface area (Å²) >= 11 is 0. The van der Waals surface area contributed by atoms with Gasteiger partial charge in [-0.1, -0.05) is 31.9 Å². The summed E-state index contributed by atoms with van der Waals surface area (Å²) in [6, 6.07) is 6.65. The molecule has 0 heterocycles. The van der Waals surface area contributed by atoms with Crippen LogP contribution >= 0.6 is 0 Å². The van der Waals surface area contributed by atoms with Gasteiger partial charge in [-0.15, -0.1) is 0 Å². The number of carbonyl (C=O) groups is 1. The number of unbranched alkanes of at least 4 members (excludes halogenated alkanes) is 1. The Balaban J connectivity index is 3.08. The van der Waals surface area contributed by atoms with Crippen LogP contribution in [0.5, 0.6) is 0 Å². The zero-order valence-electron chi connectivity index (χ0n) is 13.7. The van der Waals surface area contributed by atoms with E-state index >= 15 is 0 Å². The van der Waals surface area contributed by atoms with Gasteiger partial charge in [0.15, 0.2) is 0 Å². The molecule has 1 rings (SSSR count). The van der Waals surface area contributed by atoms with Crippen molar-refractivity contribution in [2.24, 2.45) is 0 Å². The van der Waals surface area contributed by atoms with Crippen LogP contribution in [-0.4, -0.2) is 39.4 Å². The fourth-order valence-electron chi connectivity index (χ4n) is 2.18. The van der Waals surface area contributed by atoms with Crippen LogP contribution in [0.25, 0.3) is 0 Å². The molecule has 6 heteroatoms. The smallest absolute Gasteiger partial charge is 0.338 e. The molecule has 22 heavy (non-hydrogen) atoms. The number of ether oxygens (including phenoxy) is 1. The van der Waals surface area contributed by atoms with Gasteiger partial charge in [-0.2, -0.15) is 0 Å². The van der Waals surface area contributed by atoms with Crippen molar-refractivity contribution < 1.29 is 17.9 Å². The lowest BCUT2D eigenvalue weighted by Gasteiger charge is -2.22. The number of rotatable bonds is 8. The summed E-state index contributed by atoms with van der Waals surface area (Å²) < 4.78 is 31.2. The van der Waals surface area contributed by atoms with Crippen molar-refractivity contribution in [3.05, 3.63) is 35.4 Å². The topological polar surface area (TPSA) is 63.7 Å². The van der Waals surface area contributed by atoms with Crippen molar-refractivity contribution in [2.45, 2.75) is 38.4 Å². The van der Waals surface area contributed by atoms with Gasteiger partial charge in [-0.25, -0.2) is 17.5 Å². The zero-order valence-corrected chi connectivity index (χ0v) is 14.5. The first kappa shape index (κ1) is 18.6. The Morgan fingerprint density at radius 1 is 1.18 bits per heavy atom. The Bertz CT molecular complexity index is 579. The van der Waals surface area contributed by atoms with E-state index in [1.165, 1.54) is 4.31 Å². The molecule has 5 nitrogen and oxygen atoms in total. The lowest BCUT2D eigenvalue weighted by atomic mass is 10.0. The quantitative estimate of drug-likeness (QED) is 0.689. The summed E-state index contributed by atoms with van der Waals surface area (Å²) in [6.45, 7) is 4.09. The van der Waals surface area contributed by atoms with Gasteiger partial charge in [-0.3, -0.25) is 0 Å². The number of hydrogen-bond acceptors (Lipinski definition) is 4. The monoisotopic (exact) mass is 327 g/mol. The van der Waals surface area contributed by atoms with Crippen LogP contribution in [0.3, 0.4) is 0 Å². The maximum atomic E-state index is 12.5. The van der Waals surface area contributed by atoms with Gasteiger partial charge in [0.2, 0.25) is 10.0 Å². The second-order valence-corrected chi connectivity index (χ2v) is 7.63. The summed E-state index contributed by atoms with van der Waals surface area (Å²) in [5.74, 6) is -0.394. The molecule has 0 aliphatic heterocycles. The van der Waals surface area contributed by atoms with Gasteiger partial charge in [0.05, 0.1) is 12.2 Å². The SMILES string of the molecule is CCCC[C@@H](c1ccc(C(=O)OCC)cc1)S(=O)(=O)N(C)C. The molecule has 0 spiro atoms. The Kier molecular flexibility index (Phi) is 7.03. The summed E-state index contributed by atoms with van der Waals surface area (Å²) in [6.07, 6.45) is 2.33. The predicted molar refractivity (Wildman–Crippen MR) is 87.3 cm³/mol. The zero-order chi connectivity index (χ0) is 16.8. The average molecular weight is 327 g/mol. The molecule has 1 atom stereocenters. The second-order valence-electron chi connectivity index (χ2n) is 5.30. The molecule has 0 unspecified atom stereocenters. The van der Waals surface area contributed by atoms with E-state index in [1.807, 2.05) is 6.92 Å². The number of carbonyl (C=O) groups excluding carboxylic acids is 1. The lowest BCUT2D eigenvalue weighted by Crippen LogP contribution is -2.28. The first-order valence-corrected chi connectivity index (χ1v) is 9.03. The largest absolute Gasteiger partial charge is 0.462 e. The highest BCUT2D eigenvalue weighted by molar-refractivity contribution is 7.89. The summed E-state index contributed by atoms with van der Waals surface area (Å²) in [5, 5.41) is -0.585. The Morgan fingerprint density at radius 2 is 1.77 bits per heavy atom. The predicted octanol–water partition coefficient (Wildman–Crippen LogP) is 2.99. The molecule has 0 fully saturated rings. The highest BCUT2D eigenvalue weighted by Crippen LogP contribution is 2.30. The van der Waals surface area contributed by atoms with Gasteiger partial charge in [0.25, 0.3) is 0 Å². The number of nitrogens with zero attached hydrogens (tertiary/aromatic N) is 1. The molecule has 0 aliphatic rings. The molecule has 1 aromatic rings. The minimum atomic E-state index is -3.39. The highest BCUT2D eigenvalue weighted by atomic mass is 32.2. The molecule has 0 aromatic heterocycles. The van der Waals surface area contributed by atoms with Crippen molar-refractivity contribution in [3.8, 4) is 0 Å². The van der Waals surface area contributed by atoms with E-state index in [-0.39, 0.29) is 0 Å². The first-order valence-electron chi connectivity index (χ1n) is 7.53. The Morgan fingerprint density at radius 3 is 2.23 bits per heavy atom. The van der Waals surface area contributed by atoms with Crippen LogP contribution in [-0.2, 0) is 14.8 Å². The van der Waals surface area contributed by atoms with Crippen LogP contribution in [0.4, 0.5) is 0 Å². The number of sulfonamides is 1. The van der Waals surface area contributed by atoms with Gasteiger partial charge in [0, 0.05) is 14.1 Å². The van der Waals surface area contributed by atoms with E-state index in [0.29, 0.717) is 24.2 Å². The van der Waals surface area contributed by atoms with E-state index in [4.69, 9.17) is 4.74 Å². The minimum absolute atomic E-state index is 0.314. The first-order chi connectivity index (χ1) is 10.3. The van der Waals surface area contributed by atoms with Crippen LogP contribution in [0.1, 0.15) is 54.3 Å². The van der Waals surface area contributed by atoms with Crippen LogP contribution in [0.15, 0.2) is 24.3 Å². The molecule has 1 aromatic carbocycles. The molecule has 0 bridgehead atoms. The van der Waals surface area contributed by atoms with Crippen LogP contribution in [0.2, 0.25) is 0 Å². The molecule has 0 aliphatic carbocycles. The third kappa shape index (κ3) is 4.55. The van der Waals surface area contributed by atoms with Crippen molar-refractivity contribution in [2.75, 3.05) is 20.7 Å². The Labute approximate surface area is 133 Å². The molecular weight excluding hydrogens is 302 g/mol. The Hall–Kier alpha value is -1.40. The third-order valence-corrected chi connectivity index (χ3v) is 5.73. The number of hydrogen-bond donors (Lipinski definition) is 0. The minimum Gasteiger partial charge on any atom is -0.462 e. The van der Waals surface area contributed by atoms with E-state index < -0.39 is 21.2 Å². The number of esters is 1. The summed E-state index contributed by atoms with van der Waals surface area (Å²) in [4.78, 5) is 11.7. The van der Waals surface area contributed by atoms with Gasteiger partial charge < -0.3 is 4.74 Å². The third-order valence-electron chi connectivity index (χ3n) is 3.48. The van der Waals surface area contributed by atoms with E-state index in [1.54, 1.807) is 45.3 Å². The van der Waals surface area contributed by atoms with Gasteiger partial charge >= 0.3 is 5.97 Å². The molecular formula is C16H25NO4S. The molecule has 0 saturated heterocycles. The molecule has 0 amide bonds. The van der Waals surface area contributed by atoms with E-state index in [2.05, 4.69) is 0 Å². The second kappa shape index (κ2) is 8.29. The maximum Gasteiger partial charge on any atom is 0.338 e. The van der Waals surface area contributed by atoms with Gasteiger partial charge in [-0.05, 0) is 31.0 Å². The van der Waals surface area contributed by atoms with Crippen molar-refractivity contribution >= 4 is 16.0 Å². The van der Waals surface area contributed by atoms with E-state index in [9.17, 15) is 13.2 Å². The molecule has 0 radical (unpaired) electrons. The summed E-state index contributed by atoms with van der Waals surface area (Å²) in [5.41, 5.74) is 1.14. The lowest BCUT2D eigenvalue weighted by molar-refractivity contribution is 0.0526. The average Bonchev–Trinajstić information content (AvgIpc) is 2.48. The molecule has 0 N–H and O–H groups in total.